The number of likely N-dealkylation sites (tertiary alicyclic amines) is 1. The highest BCUT2D eigenvalue weighted by Crippen LogP contribution is 2.29. The molecule has 3 aromatic rings. The Hall–Kier alpha value is -2.96. The Kier molecular flexibility index (Phi) is 4.28. The lowest BCUT2D eigenvalue weighted by Gasteiger charge is -2.31. The van der Waals surface area contributed by atoms with E-state index in [1.165, 1.54) is 12.1 Å². The van der Waals surface area contributed by atoms with Crippen molar-refractivity contribution in [2.45, 2.75) is 25.2 Å². The Morgan fingerprint density at radius 3 is 2.65 bits per heavy atom. The summed E-state index contributed by atoms with van der Waals surface area (Å²) in [6.45, 7) is 1.40. The summed E-state index contributed by atoms with van der Waals surface area (Å²) in [6, 6.07) is 10.0. The average Bonchev–Trinajstić information content (AvgIpc) is 3.04. The molecule has 6 nitrogen and oxygen atoms in total. The number of nitrogens with one attached hydrogen (secondary N) is 1. The molecule has 3 N–H and O–H groups in total. The highest BCUT2D eigenvalue weighted by Gasteiger charge is 2.25. The molecule has 4 rings (SSSR count). The SMILES string of the molecule is Nc1[nH]nc2nc(C3CCN(C(=O)Cc4ccc(F)cc4)CC3)ccc12. The largest absolute Gasteiger partial charge is 0.384 e. The highest BCUT2D eigenvalue weighted by molar-refractivity contribution is 5.85. The molecule has 26 heavy (non-hydrogen) atoms. The molecule has 0 spiro atoms. The topological polar surface area (TPSA) is 87.9 Å². The Balaban J connectivity index is 1.38. The van der Waals surface area contributed by atoms with Crippen molar-refractivity contribution in [3.8, 4) is 0 Å². The minimum atomic E-state index is -0.287. The van der Waals surface area contributed by atoms with Gasteiger partial charge in [0.15, 0.2) is 5.65 Å². The van der Waals surface area contributed by atoms with Crippen LogP contribution in [0.25, 0.3) is 11.0 Å². The van der Waals surface area contributed by atoms with Crippen molar-refractivity contribution >= 4 is 22.8 Å². The number of rotatable bonds is 3. The van der Waals surface area contributed by atoms with Crippen LogP contribution in [0.5, 0.6) is 0 Å². The van der Waals surface area contributed by atoms with Crippen LogP contribution in [0, 0.1) is 5.82 Å². The maximum absolute atomic E-state index is 13.0. The Labute approximate surface area is 150 Å². The van der Waals surface area contributed by atoms with Crippen molar-refractivity contribution in [3.05, 3.63) is 53.5 Å². The predicted molar refractivity (Wildman–Crippen MR) is 97.0 cm³/mol. The van der Waals surface area contributed by atoms with Gasteiger partial charge in [-0.25, -0.2) is 9.37 Å². The van der Waals surface area contributed by atoms with E-state index in [4.69, 9.17) is 5.73 Å². The third-order valence-corrected chi connectivity index (χ3v) is 5.00. The lowest BCUT2D eigenvalue weighted by Crippen LogP contribution is -2.38. The third-order valence-electron chi connectivity index (χ3n) is 5.00. The first-order valence-corrected chi connectivity index (χ1v) is 8.73. The van der Waals surface area contributed by atoms with Gasteiger partial charge in [-0.05, 0) is 42.7 Å². The molecule has 0 unspecified atom stereocenters. The molecule has 7 heteroatoms. The maximum atomic E-state index is 13.0. The van der Waals surface area contributed by atoms with Crippen molar-refractivity contribution in [1.29, 1.82) is 0 Å². The van der Waals surface area contributed by atoms with Gasteiger partial charge < -0.3 is 10.6 Å². The van der Waals surface area contributed by atoms with E-state index < -0.39 is 0 Å². The fourth-order valence-electron chi connectivity index (χ4n) is 3.47. The van der Waals surface area contributed by atoms with Gasteiger partial charge in [-0.15, -0.1) is 0 Å². The second kappa shape index (κ2) is 6.74. The van der Waals surface area contributed by atoms with Gasteiger partial charge in [-0.3, -0.25) is 9.89 Å². The predicted octanol–water partition coefficient (Wildman–Crippen LogP) is 2.63. The number of hydrogen-bond donors (Lipinski definition) is 2. The number of aromatic nitrogens is 3. The van der Waals surface area contributed by atoms with E-state index in [-0.39, 0.29) is 11.7 Å². The van der Waals surface area contributed by atoms with Gasteiger partial charge in [0.2, 0.25) is 5.91 Å². The molecule has 1 saturated heterocycles. The first-order chi connectivity index (χ1) is 12.6. The van der Waals surface area contributed by atoms with Crippen molar-refractivity contribution < 1.29 is 9.18 Å². The summed E-state index contributed by atoms with van der Waals surface area (Å²) in [4.78, 5) is 18.9. The van der Waals surface area contributed by atoms with Crippen LogP contribution in [-0.2, 0) is 11.2 Å². The molecule has 0 saturated carbocycles. The number of carbonyl (C=O) groups excluding carboxylic acids is 1. The lowest BCUT2D eigenvalue weighted by atomic mass is 9.92. The molecule has 0 bridgehead atoms. The van der Waals surface area contributed by atoms with E-state index in [1.54, 1.807) is 12.1 Å². The van der Waals surface area contributed by atoms with Gasteiger partial charge in [-0.2, -0.15) is 5.10 Å². The number of benzene rings is 1. The monoisotopic (exact) mass is 353 g/mol. The average molecular weight is 353 g/mol. The van der Waals surface area contributed by atoms with E-state index >= 15 is 0 Å². The second-order valence-electron chi connectivity index (χ2n) is 6.70. The minimum absolute atomic E-state index is 0.0820. The summed E-state index contributed by atoms with van der Waals surface area (Å²) in [5.41, 5.74) is 8.27. The number of nitrogen functional groups attached to an aromatic ring is 1. The molecule has 1 aromatic carbocycles. The summed E-state index contributed by atoms with van der Waals surface area (Å²) in [7, 11) is 0. The van der Waals surface area contributed by atoms with Crippen LogP contribution < -0.4 is 5.73 Å². The number of hydrogen-bond acceptors (Lipinski definition) is 4. The number of H-pyrrole nitrogens is 1. The van der Waals surface area contributed by atoms with E-state index in [1.807, 2.05) is 17.0 Å². The zero-order chi connectivity index (χ0) is 18.1. The molecule has 0 aliphatic carbocycles. The van der Waals surface area contributed by atoms with Crippen LogP contribution in [0.3, 0.4) is 0 Å². The summed E-state index contributed by atoms with van der Waals surface area (Å²) in [5, 5.41) is 7.70. The molecule has 0 atom stereocenters. The van der Waals surface area contributed by atoms with E-state index in [0.717, 1.165) is 29.5 Å². The summed E-state index contributed by atoms with van der Waals surface area (Å²) in [5.74, 6) is 0.635. The molecule has 0 radical (unpaired) electrons. The van der Waals surface area contributed by atoms with Gasteiger partial charge in [0, 0.05) is 24.7 Å². The number of halogens is 1. The number of nitrogens with zero attached hydrogens (tertiary/aromatic N) is 3. The first-order valence-electron chi connectivity index (χ1n) is 8.73. The second-order valence-corrected chi connectivity index (χ2v) is 6.70. The molecule has 3 heterocycles. The third kappa shape index (κ3) is 3.24. The number of pyridine rings is 1. The van der Waals surface area contributed by atoms with Gasteiger partial charge in [0.25, 0.3) is 0 Å². The number of piperidine rings is 1. The van der Waals surface area contributed by atoms with Gasteiger partial charge in [-0.1, -0.05) is 12.1 Å². The van der Waals surface area contributed by atoms with E-state index in [9.17, 15) is 9.18 Å². The first kappa shape index (κ1) is 16.5. The Morgan fingerprint density at radius 2 is 1.92 bits per heavy atom. The zero-order valence-electron chi connectivity index (χ0n) is 14.3. The fraction of sp³-hybridized carbons (Fsp3) is 0.316. The number of carbonyl (C=O) groups is 1. The smallest absolute Gasteiger partial charge is 0.226 e. The number of nitrogens with two attached hydrogens (primary N) is 1. The van der Waals surface area contributed by atoms with Crippen LogP contribution in [0.1, 0.15) is 30.0 Å². The molecular weight excluding hydrogens is 333 g/mol. The van der Waals surface area contributed by atoms with Crippen LogP contribution in [0.2, 0.25) is 0 Å². The van der Waals surface area contributed by atoms with Crippen molar-refractivity contribution in [1.82, 2.24) is 20.1 Å². The van der Waals surface area contributed by atoms with Crippen LogP contribution in [0.15, 0.2) is 36.4 Å². The Morgan fingerprint density at radius 1 is 1.19 bits per heavy atom. The number of fused-ring (bicyclic) bond motifs is 1. The van der Waals surface area contributed by atoms with Crippen LogP contribution in [0.4, 0.5) is 10.2 Å². The Bertz CT molecular complexity index is 929. The lowest BCUT2D eigenvalue weighted by molar-refractivity contribution is -0.131. The van der Waals surface area contributed by atoms with Crippen molar-refractivity contribution in [2.75, 3.05) is 18.8 Å². The molecule has 1 aliphatic heterocycles. The van der Waals surface area contributed by atoms with Crippen LogP contribution in [-0.4, -0.2) is 39.1 Å². The molecule has 1 aliphatic rings. The minimum Gasteiger partial charge on any atom is -0.384 e. The normalized spacial score (nSPS) is 15.5. The van der Waals surface area contributed by atoms with Crippen molar-refractivity contribution in [3.63, 3.8) is 0 Å². The molecule has 2 aromatic heterocycles. The molecule has 1 fully saturated rings. The summed E-state index contributed by atoms with van der Waals surface area (Å²) < 4.78 is 13.0. The van der Waals surface area contributed by atoms with Gasteiger partial charge in [0.05, 0.1) is 11.8 Å². The molecule has 134 valence electrons. The fourth-order valence-corrected chi connectivity index (χ4v) is 3.47. The molecule has 1 amide bonds. The standard InChI is InChI=1S/C19H20FN5O/c20-14-3-1-12(2-4-14)11-17(26)25-9-7-13(8-10-25)16-6-5-15-18(21)23-24-19(15)22-16/h1-6,13H,7-11H2,(H3,21,22,23,24). The number of anilines is 1. The summed E-state index contributed by atoms with van der Waals surface area (Å²) >= 11 is 0. The summed E-state index contributed by atoms with van der Waals surface area (Å²) in [6.07, 6.45) is 2.04. The number of amides is 1. The van der Waals surface area contributed by atoms with Crippen LogP contribution >= 0.6 is 0 Å². The van der Waals surface area contributed by atoms with E-state index in [0.29, 0.717) is 36.9 Å². The highest BCUT2D eigenvalue weighted by atomic mass is 19.1. The van der Waals surface area contributed by atoms with Crippen molar-refractivity contribution in [2.24, 2.45) is 0 Å². The number of aromatic amines is 1. The van der Waals surface area contributed by atoms with Gasteiger partial charge in [0.1, 0.15) is 11.6 Å². The quantitative estimate of drug-likeness (QED) is 0.758. The zero-order valence-corrected chi connectivity index (χ0v) is 14.3. The molecular formula is C19H20FN5O. The maximum Gasteiger partial charge on any atom is 0.226 e. The van der Waals surface area contributed by atoms with E-state index in [2.05, 4.69) is 15.2 Å². The van der Waals surface area contributed by atoms with Gasteiger partial charge >= 0.3 is 0 Å².